The number of carbonyl (C=O) groups excluding carboxylic acids is 2. The molecule has 1 saturated heterocycles. The third-order valence-corrected chi connectivity index (χ3v) is 6.14. The number of hydrogen-bond donors (Lipinski definition) is 1. The van der Waals surface area contributed by atoms with Crippen LogP contribution in [0.4, 0.5) is 5.00 Å². The van der Waals surface area contributed by atoms with Gasteiger partial charge in [0.25, 0.3) is 5.91 Å². The van der Waals surface area contributed by atoms with Crippen LogP contribution in [-0.4, -0.2) is 44.3 Å². The molecule has 162 valence electrons. The molecular weight excluding hydrogens is 416 g/mol. The van der Waals surface area contributed by atoms with Gasteiger partial charge in [-0.25, -0.2) is 4.79 Å². The lowest BCUT2D eigenvalue weighted by atomic mass is 10.1. The van der Waals surface area contributed by atoms with E-state index in [0.29, 0.717) is 23.9 Å². The average molecular weight is 441 g/mol. The van der Waals surface area contributed by atoms with Gasteiger partial charge in [0.2, 0.25) is 0 Å². The van der Waals surface area contributed by atoms with Crippen molar-refractivity contribution in [3.8, 4) is 11.1 Å². The maximum absolute atomic E-state index is 12.8. The molecule has 3 heterocycles. The fourth-order valence-corrected chi connectivity index (χ4v) is 4.43. The van der Waals surface area contributed by atoms with Gasteiger partial charge in [-0.1, -0.05) is 30.3 Å². The molecule has 0 spiro atoms. The Morgan fingerprint density at radius 3 is 2.65 bits per heavy atom. The second kappa shape index (κ2) is 9.80. The fraction of sp³-hybridized carbons (Fsp3) is 0.304. The molecule has 1 atom stereocenters. The Labute approximate surface area is 184 Å². The lowest BCUT2D eigenvalue weighted by Gasteiger charge is -2.28. The fourth-order valence-electron chi connectivity index (χ4n) is 3.31. The molecule has 1 aliphatic heterocycles. The van der Waals surface area contributed by atoms with E-state index in [2.05, 4.69) is 10.2 Å². The van der Waals surface area contributed by atoms with E-state index in [0.717, 1.165) is 29.2 Å². The lowest BCUT2D eigenvalue weighted by molar-refractivity contribution is -0.129. The molecule has 8 heteroatoms. The van der Waals surface area contributed by atoms with Crippen LogP contribution in [0.1, 0.15) is 22.4 Å². The number of thiophene rings is 1. The van der Waals surface area contributed by atoms with Crippen molar-refractivity contribution in [2.45, 2.75) is 19.6 Å². The molecule has 0 radical (unpaired) electrons. The normalized spacial score (nSPS) is 14.8. The number of esters is 1. The first kappa shape index (κ1) is 21.1. The molecule has 0 aliphatic carbocycles. The molecular formula is C23H24N2O5S. The van der Waals surface area contributed by atoms with Gasteiger partial charge in [-0.15, -0.1) is 11.3 Å². The summed E-state index contributed by atoms with van der Waals surface area (Å²) >= 11 is 1.38. The zero-order valence-electron chi connectivity index (χ0n) is 17.2. The summed E-state index contributed by atoms with van der Waals surface area (Å²) in [6, 6.07) is 15.3. The number of morpholine rings is 1. The van der Waals surface area contributed by atoms with Gasteiger partial charge in [0.1, 0.15) is 10.6 Å². The Morgan fingerprint density at radius 2 is 1.94 bits per heavy atom. The largest absolute Gasteiger partial charge is 0.467 e. The first-order valence-corrected chi connectivity index (χ1v) is 11.0. The number of carbonyl (C=O) groups is 2. The SMILES string of the molecule is C[C@H](OC(=O)c1cc(-c2ccccc2)c(N2CCOCC2)s1)C(=O)NCc1ccco1. The number of rotatable bonds is 7. The number of furan rings is 1. The van der Waals surface area contributed by atoms with Gasteiger partial charge in [-0.05, 0) is 30.7 Å². The van der Waals surface area contributed by atoms with Crippen molar-refractivity contribution in [3.05, 3.63) is 65.4 Å². The number of hydrogen-bond acceptors (Lipinski definition) is 7. The van der Waals surface area contributed by atoms with Crippen LogP contribution in [0.15, 0.2) is 59.2 Å². The Morgan fingerprint density at radius 1 is 1.16 bits per heavy atom. The van der Waals surface area contributed by atoms with Gasteiger partial charge in [0.15, 0.2) is 6.10 Å². The first-order chi connectivity index (χ1) is 15.1. The molecule has 1 N–H and O–H groups in total. The van der Waals surface area contributed by atoms with Crippen LogP contribution >= 0.6 is 11.3 Å². The number of nitrogens with one attached hydrogen (secondary N) is 1. The van der Waals surface area contributed by atoms with Crippen LogP contribution in [0.5, 0.6) is 0 Å². The highest BCUT2D eigenvalue weighted by Crippen LogP contribution is 2.39. The number of amides is 1. The number of nitrogens with zero attached hydrogens (tertiary/aromatic N) is 1. The maximum atomic E-state index is 12.8. The molecule has 0 unspecified atom stereocenters. The molecule has 1 fully saturated rings. The number of anilines is 1. The quantitative estimate of drug-likeness (QED) is 0.564. The molecule has 7 nitrogen and oxygen atoms in total. The highest BCUT2D eigenvalue weighted by Gasteiger charge is 2.25. The summed E-state index contributed by atoms with van der Waals surface area (Å²) < 4.78 is 16.1. The predicted molar refractivity (Wildman–Crippen MR) is 118 cm³/mol. The number of ether oxygens (including phenoxy) is 2. The molecule has 0 saturated carbocycles. The van der Waals surface area contributed by atoms with Crippen molar-refractivity contribution >= 4 is 28.2 Å². The zero-order chi connectivity index (χ0) is 21.6. The summed E-state index contributed by atoms with van der Waals surface area (Å²) in [6.45, 7) is 4.63. The van der Waals surface area contributed by atoms with Crippen LogP contribution in [0.3, 0.4) is 0 Å². The van der Waals surface area contributed by atoms with E-state index in [4.69, 9.17) is 13.9 Å². The van der Waals surface area contributed by atoms with Crippen LogP contribution in [-0.2, 0) is 20.8 Å². The van der Waals surface area contributed by atoms with Gasteiger partial charge >= 0.3 is 5.97 Å². The zero-order valence-corrected chi connectivity index (χ0v) is 18.0. The van der Waals surface area contributed by atoms with Crippen molar-refractivity contribution in [1.29, 1.82) is 0 Å². The highest BCUT2D eigenvalue weighted by molar-refractivity contribution is 7.18. The minimum atomic E-state index is -0.920. The molecule has 31 heavy (non-hydrogen) atoms. The van der Waals surface area contributed by atoms with Crippen molar-refractivity contribution in [2.24, 2.45) is 0 Å². The van der Waals surface area contributed by atoms with E-state index in [1.807, 2.05) is 36.4 Å². The average Bonchev–Trinajstić information content (AvgIpc) is 3.49. The topological polar surface area (TPSA) is 81.0 Å². The third-order valence-electron chi connectivity index (χ3n) is 4.97. The minimum absolute atomic E-state index is 0.242. The smallest absolute Gasteiger partial charge is 0.349 e. The molecule has 1 aromatic carbocycles. The maximum Gasteiger partial charge on any atom is 0.349 e. The van der Waals surface area contributed by atoms with Crippen molar-refractivity contribution in [2.75, 3.05) is 31.2 Å². The van der Waals surface area contributed by atoms with Gasteiger partial charge in [0.05, 0.1) is 31.0 Å². The molecule has 1 aliphatic rings. The molecule has 2 aromatic heterocycles. The summed E-state index contributed by atoms with van der Waals surface area (Å²) in [7, 11) is 0. The summed E-state index contributed by atoms with van der Waals surface area (Å²) in [5.41, 5.74) is 2.01. The van der Waals surface area contributed by atoms with Crippen molar-refractivity contribution in [1.82, 2.24) is 5.32 Å². The standard InChI is InChI=1S/C23H24N2O5S/c1-16(21(26)24-15-18-8-5-11-29-18)30-23(27)20-14-19(17-6-3-2-4-7-17)22(31-20)25-9-12-28-13-10-25/h2-8,11,14,16H,9-10,12-13,15H2,1H3,(H,24,26)/t16-/m0/s1. The van der Waals surface area contributed by atoms with E-state index in [-0.39, 0.29) is 12.5 Å². The minimum Gasteiger partial charge on any atom is -0.467 e. The molecule has 0 bridgehead atoms. The summed E-state index contributed by atoms with van der Waals surface area (Å²) in [6.07, 6.45) is 0.620. The summed E-state index contributed by atoms with van der Waals surface area (Å²) in [4.78, 5) is 27.8. The summed E-state index contributed by atoms with van der Waals surface area (Å²) in [5, 5.41) is 3.72. The second-order valence-corrected chi connectivity index (χ2v) is 8.17. The van der Waals surface area contributed by atoms with Crippen LogP contribution < -0.4 is 10.2 Å². The van der Waals surface area contributed by atoms with Crippen LogP contribution in [0, 0.1) is 0 Å². The van der Waals surface area contributed by atoms with Crippen LogP contribution in [0.25, 0.3) is 11.1 Å². The van der Waals surface area contributed by atoms with E-state index >= 15 is 0 Å². The Hall–Kier alpha value is -3.10. The third kappa shape index (κ3) is 5.15. The van der Waals surface area contributed by atoms with E-state index < -0.39 is 12.1 Å². The Kier molecular flexibility index (Phi) is 6.69. The molecule has 1 amide bonds. The van der Waals surface area contributed by atoms with E-state index in [1.54, 1.807) is 19.1 Å². The van der Waals surface area contributed by atoms with Crippen molar-refractivity contribution < 1.29 is 23.5 Å². The second-order valence-electron chi connectivity index (χ2n) is 7.14. The lowest BCUT2D eigenvalue weighted by Crippen LogP contribution is -2.36. The first-order valence-electron chi connectivity index (χ1n) is 10.1. The van der Waals surface area contributed by atoms with Gasteiger partial charge < -0.3 is 24.1 Å². The monoisotopic (exact) mass is 440 g/mol. The number of benzene rings is 1. The van der Waals surface area contributed by atoms with Gasteiger partial charge in [-0.2, -0.15) is 0 Å². The van der Waals surface area contributed by atoms with Crippen molar-refractivity contribution in [3.63, 3.8) is 0 Å². The van der Waals surface area contributed by atoms with Gasteiger partial charge in [-0.3, -0.25) is 4.79 Å². The molecule has 3 aromatic rings. The van der Waals surface area contributed by atoms with E-state index in [9.17, 15) is 9.59 Å². The summed E-state index contributed by atoms with van der Waals surface area (Å²) in [5.74, 6) is -0.256. The Bertz CT molecular complexity index is 1010. The molecule has 4 rings (SSSR count). The van der Waals surface area contributed by atoms with E-state index in [1.165, 1.54) is 17.6 Å². The Balaban J connectivity index is 1.48. The highest BCUT2D eigenvalue weighted by atomic mass is 32.1. The van der Waals surface area contributed by atoms with Gasteiger partial charge in [0, 0.05) is 18.7 Å². The predicted octanol–water partition coefficient (Wildman–Crippen LogP) is 3.71. The van der Waals surface area contributed by atoms with Crippen LogP contribution in [0.2, 0.25) is 0 Å².